The van der Waals surface area contributed by atoms with Crippen molar-refractivity contribution in [3.05, 3.63) is 60.7 Å². The molecule has 1 unspecified atom stereocenters. The summed E-state index contributed by atoms with van der Waals surface area (Å²) >= 11 is 0. The second-order valence-corrected chi connectivity index (χ2v) is 4.62. The maximum absolute atomic E-state index is 5.75. The van der Waals surface area contributed by atoms with E-state index in [1.54, 1.807) is 23.3 Å². The molecular formula is C15H15N5O. The Morgan fingerprint density at radius 1 is 1.10 bits per heavy atom. The highest BCUT2D eigenvalue weighted by atomic mass is 16.5. The maximum atomic E-state index is 5.75. The van der Waals surface area contributed by atoms with Crippen LogP contribution in [0.4, 0.5) is 0 Å². The molecule has 0 fully saturated rings. The molecule has 2 N–H and O–H groups in total. The summed E-state index contributed by atoms with van der Waals surface area (Å²) in [6, 6.07) is 13.5. The van der Waals surface area contributed by atoms with E-state index in [1.807, 2.05) is 43.3 Å². The van der Waals surface area contributed by atoms with E-state index in [2.05, 4.69) is 15.1 Å². The fourth-order valence-electron chi connectivity index (χ4n) is 1.83. The van der Waals surface area contributed by atoms with Crippen molar-refractivity contribution in [1.82, 2.24) is 19.7 Å². The van der Waals surface area contributed by atoms with Crippen LogP contribution < -0.4 is 10.5 Å². The van der Waals surface area contributed by atoms with E-state index < -0.39 is 0 Å². The van der Waals surface area contributed by atoms with Crippen molar-refractivity contribution < 1.29 is 4.74 Å². The number of benzene rings is 1. The fraction of sp³-hybridized carbons (Fsp3) is 0.133. The maximum Gasteiger partial charge on any atom is 0.341 e. The fourth-order valence-corrected chi connectivity index (χ4v) is 1.83. The number of rotatable bonds is 4. The van der Waals surface area contributed by atoms with Crippen molar-refractivity contribution in [1.29, 1.82) is 0 Å². The zero-order valence-corrected chi connectivity index (χ0v) is 11.5. The number of pyridine rings is 1. The van der Waals surface area contributed by atoms with Crippen LogP contribution >= 0.6 is 0 Å². The van der Waals surface area contributed by atoms with Gasteiger partial charge in [-0.1, -0.05) is 18.2 Å². The normalized spacial score (nSPS) is 12.1. The summed E-state index contributed by atoms with van der Waals surface area (Å²) in [5, 5.41) is 4.26. The first-order valence-corrected chi connectivity index (χ1v) is 6.59. The van der Waals surface area contributed by atoms with E-state index in [0.717, 1.165) is 11.4 Å². The molecule has 2 aromatic heterocycles. The van der Waals surface area contributed by atoms with Gasteiger partial charge in [-0.3, -0.25) is 4.98 Å². The van der Waals surface area contributed by atoms with E-state index in [9.17, 15) is 0 Å². The number of nitrogens with zero attached hydrogens (tertiary/aromatic N) is 4. The molecular weight excluding hydrogens is 266 g/mol. The lowest BCUT2D eigenvalue weighted by molar-refractivity contribution is 0.439. The van der Waals surface area contributed by atoms with E-state index in [4.69, 9.17) is 10.5 Å². The first-order chi connectivity index (χ1) is 10.2. The van der Waals surface area contributed by atoms with Gasteiger partial charge in [0.2, 0.25) is 0 Å². The Morgan fingerprint density at radius 2 is 1.90 bits per heavy atom. The van der Waals surface area contributed by atoms with Crippen molar-refractivity contribution in [2.75, 3.05) is 0 Å². The van der Waals surface area contributed by atoms with Crippen LogP contribution in [0.1, 0.15) is 18.7 Å². The van der Waals surface area contributed by atoms with Gasteiger partial charge in [0.05, 0.1) is 17.6 Å². The highest BCUT2D eigenvalue weighted by molar-refractivity contribution is 5.30. The number of aromatic nitrogens is 4. The number of nitrogens with two attached hydrogens (primary N) is 1. The quantitative estimate of drug-likeness (QED) is 0.794. The third-order valence-electron chi connectivity index (χ3n) is 2.93. The molecule has 0 aliphatic rings. The molecule has 0 bridgehead atoms. The van der Waals surface area contributed by atoms with Crippen LogP contribution in [0.5, 0.6) is 11.8 Å². The summed E-state index contributed by atoms with van der Waals surface area (Å²) in [7, 11) is 0. The Kier molecular flexibility index (Phi) is 3.61. The van der Waals surface area contributed by atoms with Crippen LogP contribution in [-0.2, 0) is 0 Å². The van der Waals surface area contributed by atoms with Crippen LogP contribution in [0, 0.1) is 0 Å². The lowest BCUT2D eigenvalue weighted by atomic mass is 10.2. The third-order valence-corrected chi connectivity index (χ3v) is 2.93. The Balaban J connectivity index is 1.75. The molecule has 0 saturated heterocycles. The molecule has 6 heteroatoms. The predicted molar refractivity (Wildman–Crippen MR) is 78.3 cm³/mol. The minimum absolute atomic E-state index is 0.102. The van der Waals surface area contributed by atoms with Gasteiger partial charge in [0.1, 0.15) is 12.1 Å². The van der Waals surface area contributed by atoms with E-state index in [1.165, 1.54) is 0 Å². The van der Waals surface area contributed by atoms with E-state index in [0.29, 0.717) is 5.75 Å². The number of ether oxygens (including phenoxy) is 1. The van der Waals surface area contributed by atoms with Crippen LogP contribution in [0.15, 0.2) is 55.0 Å². The molecule has 1 aromatic carbocycles. The van der Waals surface area contributed by atoms with Gasteiger partial charge in [-0.15, -0.1) is 5.10 Å². The zero-order valence-electron chi connectivity index (χ0n) is 11.5. The van der Waals surface area contributed by atoms with Gasteiger partial charge in [-0.2, -0.15) is 4.98 Å². The molecule has 0 saturated carbocycles. The second kappa shape index (κ2) is 5.72. The highest BCUT2D eigenvalue weighted by Gasteiger charge is 2.06. The van der Waals surface area contributed by atoms with Crippen LogP contribution in [-0.4, -0.2) is 19.7 Å². The molecule has 3 rings (SSSR count). The van der Waals surface area contributed by atoms with Crippen LogP contribution in [0.2, 0.25) is 0 Å². The Morgan fingerprint density at radius 3 is 2.57 bits per heavy atom. The summed E-state index contributed by atoms with van der Waals surface area (Å²) in [6.45, 7) is 1.88. The first-order valence-electron chi connectivity index (χ1n) is 6.59. The Labute approximate surface area is 122 Å². The smallest absolute Gasteiger partial charge is 0.341 e. The number of hydrogen-bond donors (Lipinski definition) is 1. The highest BCUT2D eigenvalue weighted by Crippen LogP contribution is 2.18. The third kappa shape index (κ3) is 3.06. The van der Waals surface area contributed by atoms with Crippen molar-refractivity contribution >= 4 is 0 Å². The molecule has 0 aliphatic heterocycles. The molecule has 21 heavy (non-hydrogen) atoms. The van der Waals surface area contributed by atoms with E-state index >= 15 is 0 Å². The van der Waals surface area contributed by atoms with Gasteiger partial charge in [0, 0.05) is 6.04 Å². The SMILES string of the molecule is CC(N)c1ccc(Oc2ncn(-c3ccccc3)n2)cn1. The van der Waals surface area contributed by atoms with Crippen molar-refractivity contribution in [3.63, 3.8) is 0 Å². The average Bonchev–Trinajstić information content (AvgIpc) is 2.97. The molecule has 0 aliphatic carbocycles. The molecule has 1 atom stereocenters. The average molecular weight is 281 g/mol. The summed E-state index contributed by atoms with van der Waals surface area (Å²) in [4.78, 5) is 8.35. The molecule has 106 valence electrons. The first kappa shape index (κ1) is 13.3. The largest absolute Gasteiger partial charge is 0.422 e. The van der Waals surface area contributed by atoms with Gasteiger partial charge in [0.15, 0.2) is 0 Å². The molecule has 0 amide bonds. The summed E-state index contributed by atoms with van der Waals surface area (Å²) in [5.74, 6) is 0.574. The minimum atomic E-state index is -0.102. The standard InChI is InChI=1S/C15H15N5O/c1-11(16)14-8-7-13(9-17-14)21-15-18-10-20(19-15)12-5-3-2-4-6-12/h2-11H,16H2,1H3. The summed E-state index contributed by atoms with van der Waals surface area (Å²) in [6.07, 6.45) is 3.22. The molecule has 6 nitrogen and oxygen atoms in total. The van der Waals surface area contributed by atoms with Crippen molar-refractivity contribution in [2.45, 2.75) is 13.0 Å². The number of hydrogen-bond acceptors (Lipinski definition) is 5. The lowest BCUT2D eigenvalue weighted by Crippen LogP contribution is -2.06. The molecule has 0 spiro atoms. The topological polar surface area (TPSA) is 78.9 Å². The predicted octanol–water partition coefficient (Wildman–Crippen LogP) is 2.47. The molecule has 0 radical (unpaired) electrons. The van der Waals surface area contributed by atoms with Gasteiger partial charge < -0.3 is 10.5 Å². The van der Waals surface area contributed by atoms with Crippen LogP contribution in [0.25, 0.3) is 5.69 Å². The number of para-hydroxylation sites is 1. The summed E-state index contributed by atoms with van der Waals surface area (Å²) < 4.78 is 7.22. The zero-order chi connectivity index (χ0) is 14.7. The van der Waals surface area contributed by atoms with E-state index in [-0.39, 0.29) is 12.1 Å². The monoisotopic (exact) mass is 281 g/mol. The van der Waals surface area contributed by atoms with Gasteiger partial charge >= 0.3 is 6.01 Å². The van der Waals surface area contributed by atoms with Gasteiger partial charge in [-0.25, -0.2) is 4.68 Å². The Hall–Kier alpha value is -2.73. The Bertz CT molecular complexity index is 706. The van der Waals surface area contributed by atoms with Gasteiger partial charge in [-0.05, 0) is 31.2 Å². The van der Waals surface area contributed by atoms with Crippen molar-refractivity contribution in [2.24, 2.45) is 5.73 Å². The van der Waals surface area contributed by atoms with Crippen molar-refractivity contribution in [3.8, 4) is 17.4 Å². The molecule has 2 heterocycles. The minimum Gasteiger partial charge on any atom is -0.422 e. The second-order valence-electron chi connectivity index (χ2n) is 4.62. The van der Waals surface area contributed by atoms with Crippen LogP contribution in [0.3, 0.4) is 0 Å². The summed E-state index contributed by atoms with van der Waals surface area (Å²) in [5.41, 5.74) is 7.48. The molecule has 3 aromatic rings. The van der Waals surface area contributed by atoms with Gasteiger partial charge in [0.25, 0.3) is 0 Å². The lowest BCUT2D eigenvalue weighted by Gasteiger charge is -2.05.